The summed E-state index contributed by atoms with van der Waals surface area (Å²) < 4.78 is 1.88. The van der Waals surface area contributed by atoms with E-state index in [1.807, 2.05) is 33.7 Å². The van der Waals surface area contributed by atoms with E-state index in [0.717, 1.165) is 37.0 Å². The molecule has 2 heterocycles. The molecule has 0 spiro atoms. The maximum absolute atomic E-state index is 12.5. The van der Waals surface area contributed by atoms with Crippen LogP contribution in [0.15, 0.2) is 29.1 Å². The number of imidazole rings is 1. The number of benzene rings is 1. The molecule has 1 aliphatic carbocycles. The number of hydrogen-bond acceptors (Lipinski definition) is 2. The van der Waals surface area contributed by atoms with E-state index in [4.69, 9.17) is 0 Å². The van der Waals surface area contributed by atoms with Crippen molar-refractivity contribution in [3.05, 3.63) is 34.7 Å². The highest BCUT2D eigenvalue weighted by atomic mass is 16.2. The second-order valence-corrected chi connectivity index (χ2v) is 7.00. The Bertz CT molecular complexity index is 779. The summed E-state index contributed by atoms with van der Waals surface area (Å²) in [6, 6.07) is 7.99. The number of nitrogens with zero attached hydrogens (tertiary/aromatic N) is 2. The fourth-order valence-electron chi connectivity index (χ4n) is 3.87. The molecule has 5 nitrogen and oxygen atoms in total. The summed E-state index contributed by atoms with van der Waals surface area (Å²) in [5.74, 6) is 1.08. The van der Waals surface area contributed by atoms with E-state index in [-0.39, 0.29) is 17.6 Å². The number of aromatic nitrogens is 2. The van der Waals surface area contributed by atoms with Crippen LogP contribution < -0.4 is 5.69 Å². The molecule has 1 aromatic heterocycles. The van der Waals surface area contributed by atoms with Gasteiger partial charge in [-0.25, -0.2) is 4.79 Å². The molecule has 1 N–H and O–H groups in total. The van der Waals surface area contributed by atoms with Gasteiger partial charge >= 0.3 is 5.69 Å². The second-order valence-electron chi connectivity index (χ2n) is 7.00. The molecular formula is C18H23N3O2. The standard InChI is InChI=1S/C18H23N3O2/c1-12(13-6-7-13)17(22)20-10-8-14(9-11-20)21-16-5-3-2-4-15(16)19-18(21)23/h2-5,12-14H,6-11H2,1H3,(H,19,23). The van der Waals surface area contributed by atoms with E-state index in [0.29, 0.717) is 11.8 Å². The van der Waals surface area contributed by atoms with Crippen molar-refractivity contribution in [3.8, 4) is 0 Å². The molecule has 1 aliphatic heterocycles. The fourth-order valence-corrected chi connectivity index (χ4v) is 3.87. The number of H-pyrrole nitrogens is 1. The average molecular weight is 313 g/mol. The van der Waals surface area contributed by atoms with Crippen LogP contribution in [0.3, 0.4) is 0 Å². The predicted octanol–water partition coefficient (Wildman–Crippen LogP) is 2.54. The zero-order valence-corrected chi connectivity index (χ0v) is 13.5. The Morgan fingerprint density at radius 2 is 1.87 bits per heavy atom. The number of aromatic amines is 1. The molecule has 0 bridgehead atoms. The monoisotopic (exact) mass is 313 g/mol. The van der Waals surface area contributed by atoms with E-state index in [2.05, 4.69) is 11.9 Å². The molecular weight excluding hydrogens is 290 g/mol. The smallest absolute Gasteiger partial charge is 0.326 e. The van der Waals surface area contributed by atoms with Gasteiger partial charge in [-0.2, -0.15) is 0 Å². The van der Waals surface area contributed by atoms with Crippen LogP contribution in [0.25, 0.3) is 11.0 Å². The Balaban J connectivity index is 1.49. The average Bonchev–Trinajstić information content (AvgIpc) is 3.36. The quantitative estimate of drug-likeness (QED) is 0.946. The van der Waals surface area contributed by atoms with Crippen LogP contribution in [0.4, 0.5) is 0 Å². The van der Waals surface area contributed by atoms with Crippen molar-refractivity contribution in [2.45, 2.75) is 38.6 Å². The minimum absolute atomic E-state index is 0.0395. The summed E-state index contributed by atoms with van der Waals surface area (Å²) in [6.07, 6.45) is 4.11. The van der Waals surface area contributed by atoms with Crippen LogP contribution in [0.5, 0.6) is 0 Å². The van der Waals surface area contributed by atoms with Crippen LogP contribution in [0.1, 0.15) is 38.6 Å². The van der Waals surface area contributed by atoms with Crippen molar-refractivity contribution in [3.63, 3.8) is 0 Å². The normalized spacial score (nSPS) is 20.8. The molecule has 2 aliphatic rings. The number of piperidine rings is 1. The van der Waals surface area contributed by atoms with Gasteiger partial charge in [0.2, 0.25) is 5.91 Å². The van der Waals surface area contributed by atoms with Crippen LogP contribution in [-0.2, 0) is 4.79 Å². The van der Waals surface area contributed by atoms with Gasteiger partial charge < -0.3 is 9.88 Å². The lowest BCUT2D eigenvalue weighted by Gasteiger charge is -2.34. The molecule has 2 fully saturated rings. The molecule has 1 unspecified atom stereocenters. The molecule has 1 aromatic carbocycles. The Morgan fingerprint density at radius 3 is 2.57 bits per heavy atom. The Labute approximate surface area is 135 Å². The maximum Gasteiger partial charge on any atom is 0.326 e. The van der Waals surface area contributed by atoms with E-state index in [1.54, 1.807) is 0 Å². The van der Waals surface area contributed by atoms with Crippen molar-refractivity contribution < 1.29 is 4.79 Å². The van der Waals surface area contributed by atoms with Crippen molar-refractivity contribution in [2.75, 3.05) is 13.1 Å². The summed E-state index contributed by atoms with van der Waals surface area (Å²) in [5, 5.41) is 0. The molecule has 1 atom stereocenters. The first-order valence-electron chi connectivity index (χ1n) is 8.63. The van der Waals surface area contributed by atoms with Crippen molar-refractivity contribution in [2.24, 2.45) is 11.8 Å². The predicted molar refractivity (Wildman–Crippen MR) is 89.3 cm³/mol. The fraction of sp³-hybridized carbons (Fsp3) is 0.556. The topological polar surface area (TPSA) is 58.1 Å². The molecule has 2 aromatic rings. The molecule has 5 heteroatoms. The zero-order valence-electron chi connectivity index (χ0n) is 13.5. The zero-order chi connectivity index (χ0) is 16.0. The van der Waals surface area contributed by atoms with Crippen LogP contribution >= 0.6 is 0 Å². The third kappa shape index (κ3) is 2.58. The molecule has 23 heavy (non-hydrogen) atoms. The first-order valence-corrected chi connectivity index (χ1v) is 8.63. The van der Waals surface area contributed by atoms with Crippen molar-refractivity contribution in [1.82, 2.24) is 14.5 Å². The Morgan fingerprint density at radius 1 is 1.17 bits per heavy atom. The number of rotatable bonds is 3. The highest BCUT2D eigenvalue weighted by Crippen LogP contribution is 2.38. The number of likely N-dealkylation sites (tertiary alicyclic amines) is 1. The highest BCUT2D eigenvalue weighted by Gasteiger charge is 2.36. The number of carbonyl (C=O) groups excluding carboxylic acids is 1. The number of fused-ring (bicyclic) bond motifs is 1. The number of para-hydroxylation sites is 2. The van der Waals surface area contributed by atoms with Gasteiger partial charge in [-0.05, 0) is 43.7 Å². The summed E-state index contributed by atoms with van der Waals surface area (Å²) >= 11 is 0. The summed E-state index contributed by atoms with van der Waals surface area (Å²) in [7, 11) is 0. The van der Waals surface area contributed by atoms with Gasteiger partial charge in [0.1, 0.15) is 0 Å². The van der Waals surface area contributed by atoms with Crippen LogP contribution in [-0.4, -0.2) is 33.4 Å². The van der Waals surface area contributed by atoms with E-state index >= 15 is 0 Å². The van der Waals surface area contributed by atoms with Crippen molar-refractivity contribution in [1.29, 1.82) is 0 Å². The minimum Gasteiger partial charge on any atom is -0.342 e. The summed E-state index contributed by atoms with van der Waals surface area (Å²) in [4.78, 5) is 29.7. The molecule has 4 rings (SSSR count). The van der Waals surface area contributed by atoms with E-state index in [9.17, 15) is 9.59 Å². The van der Waals surface area contributed by atoms with Crippen LogP contribution in [0.2, 0.25) is 0 Å². The van der Waals surface area contributed by atoms with E-state index < -0.39 is 0 Å². The van der Waals surface area contributed by atoms with Crippen molar-refractivity contribution >= 4 is 16.9 Å². The van der Waals surface area contributed by atoms with Gasteiger partial charge in [0.25, 0.3) is 0 Å². The van der Waals surface area contributed by atoms with Gasteiger partial charge in [0.15, 0.2) is 0 Å². The molecule has 1 amide bonds. The molecule has 122 valence electrons. The van der Waals surface area contributed by atoms with Gasteiger partial charge in [-0.3, -0.25) is 9.36 Å². The number of nitrogens with one attached hydrogen (secondary N) is 1. The summed E-state index contributed by atoms with van der Waals surface area (Å²) in [5.41, 5.74) is 1.81. The first-order chi connectivity index (χ1) is 11.1. The second kappa shape index (κ2) is 5.55. The van der Waals surface area contributed by atoms with Gasteiger partial charge in [0, 0.05) is 25.0 Å². The SMILES string of the molecule is CC(C(=O)N1CCC(n2c(=O)[nH]c3ccccc32)CC1)C1CC1. The van der Waals surface area contributed by atoms with Gasteiger partial charge in [0.05, 0.1) is 11.0 Å². The van der Waals surface area contributed by atoms with E-state index in [1.165, 1.54) is 12.8 Å². The first kappa shape index (κ1) is 14.5. The third-order valence-corrected chi connectivity index (χ3v) is 5.48. The third-order valence-electron chi connectivity index (χ3n) is 5.48. The number of carbonyl (C=O) groups is 1. The number of hydrogen-bond donors (Lipinski definition) is 1. The molecule has 0 radical (unpaired) electrons. The molecule has 1 saturated carbocycles. The largest absolute Gasteiger partial charge is 0.342 e. The maximum atomic E-state index is 12.5. The Hall–Kier alpha value is -2.04. The van der Waals surface area contributed by atoms with Gasteiger partial charge in [-0.15, -0.1) is 0 Å². The molecule has 1 saturated heterocycles. The summed E-state index contributed by atoms with van der Waals surface area (Å²) in [6.45, 7) is 3.58. The highest BCUT2D eigenvalue weighted by molar-refractivity contribution is 5.79. The minimum atomic E-state index is -0.0395. The Kier molecular flexibility index (Phi) is 3.51. The lowest BCUT2D eigenvalue weighted by Crippen LogP contribution is -2.43. The van der Waals surface area contributed by atoms with Crippen LogP contribution in [0, 0.1) is 11.8 Å². The van der Waals surface area contributed by atoms with Gasteiger partial charge in [-0.1, -0.05) is 19.1 Å². The lowest BCUT2D eigenvalue weighted by molar-refractivity contribution is -0.136. The lowest BCUT2D eigenvalue weighted by atomic mass is 10.00. The number of amides is 1.